The van der Waals surface area contributed by atoms with Crippen LogP contribution in [0.5, 0.6) is 5.75 Å². The highest BCUT2D eigenvalue weighted by atomic mass is 16.5. The van der Waals surface area contributed by atoms with E-state index >= 15 is 0 Å². The van der Waals surface area contributed by atoms with Gasteiger partial charge in [-0.05, 0) is 29.2 Å². The first kappa shape index (κ1) is 13.2. The van der Waals surface area contributed by atoms with Gasteiger partial charge in [0, 0.05) is 19.5 Å². The zero-order chi connectivity index (χ0) is 13.8. The van der Waals surface area contributed by atoms with Crippen LogP contribution in [0.1, 0.15) is 23.6 Å². The summed E-state index contributed by atoms with van der Waals surface area (Å²) in [5, 5.41) is 3.53. The van der Waals surface area contributed by atoms with Crippen LogP contribution in [-0.4, -0.2) is 12.6 Å². The van der Waals surface area contributed by atoms with E-state index in [4.69, 9.17) is 4.74 Å². The maximum atomic E-state index is 5.94. The molecule has 0 saturated carbocycles. The maximum absolute atomic E-state index is 5.94. The van der Waals surface area contributed by atoms with E-state index in [2.05, 4.69) is 54.7 Å². The standard InChI is InChI=1S/C18H21NO/c1-2-14-7-3-4-9-16(14)12-19-13-17-11-15-8-5-6-10-18(15)20-17/h3-10,17,19H,2,11-13H2,1H3. The van der Waals surface area contributed by atoms with Crippen molar-refractivity contribution in [2.45, 2.75) is 32.4 Å². The monoisotopic (exact) mass is 267 g/mol. The molecule has 0 aromatic heterocycles. The molecule has 0 fully saturated rings. The molecule has 20 heavy (non-hydrogen) atoms. The van der Waals surface area contributed by atoms with Gasteiger partial charge in [0.05, 0.1) is 0 Å². The Kier molecular flexibility index (Phi) is 4.03. The Morgan fingerprint density at radius 2 is 1.80 bits per heavy atom. The third-order valence-corrected chi connectivity index (χ3v) is 3.90. The third kappa shape index (κ3) is 2.86. The van der Waals surface area contributed by atoms with Crippen molar-refractivity contribution in [3.63, 3.8) is 0 Å². The van der Waals surface area contributed by atoms with Crippen LogP contribution in [0.3, 0.4) is 0 Å². The number of benzene rings is 2. The zero-order valence-corrected chi connectivity index (χ0v) is 11.9. The van der Waals surface area contributed by atoms with Crippen molar-refractivity contribution in [1.29, 1.82) is 0 Å². The molecule has 1 heterocycles. The van der Waals surface area contributed by atoms with E-state index in [0.717, 1.165) is 31.7 Å². The summed E-state index contributed by atoms with van der Waals surface area (Å²) in [5.41, 5.74) is 4.15. The highest BCUT2D eigenvalue weighted by Crippen LogP contribution is 2.27. The maximum Gasteiger partial charge on any atom is 0.123 e. The molecule has 0 saturated heterocycles. The van der Waals surface area contributed by atoms with Crippen LogP contribution in [0.15, 0.2) is 48.5 Å². The van der Waals surface area contributed by atoms with Crippen molar-refractivity contribution in [2.75, 3.05) is 6.54 Å². The van der Waals surface area contributed by atoms with E-state index in [9.17, 15) is 0 Å². The van der Waals surface area contributed by atoms with Crippen molar-refractivity contribution in [3.8, 4) is 5.75 Å². The van der Waals surface area contributed by atoms with Crippen LogP contribution in [0, 0.1) is 0 Å². The highest BCUT2D eigenvalue weighted by Gasteiger charge is 2.21. The minimum Gasteiger partial charge on any atom is -0.488 e. The van der Waals surface area contributed by atoms with Gasteiger partial charge in [-0.15, -0.1) is 0 Å². The summed E-state index contributed by atoms with van der Waals surface area (Å²) in [6.45, 7) is 4.02. The van der Waals surface area contributed by atoms with Crippen LogP contribution in [0.4, 0.5) is 0 Å². The number of rotatable bonds is 5. The Morgan fingerprint density at radius 1 is 1.05 bits per heavy atom. The molecule has 1 aliphatic rings. The van der Waals surface area contributed by atoms with Crippen molar-refractivity contribution >= 4 is 0 Å². The minimum atomic E-state index is 0.265. The summed E-state index contributed by atoms with van der Waals surface area (Å²) in [6, 6.07) is 17.0. The number of hydrogen-bond acceptors (Lipinski definition) is 2. The molecule has 1 atom stereocenters. The van der Waals surface area contributed by atoms with E-state index in [-0.39, 0.29) is 6.10 Å². The zero-order valence-electron chi connectivity index (χ0n) is 11.9. The number of fused-ring (bicyclic) bond motifs is 1. The van der Waals surface area contributed by atoms with E-state index in [1.165, 1.54) is 16.7 Å². The van der Waals surface area contributed by atoms with Crippen LogP contribution < -0.4 is 10.1 Å². The lowest BCUT2D eigenvalue weighted by molar-refractivity contribution is 0.227. The van der Waals surface area contributed by atoms with Gasteiger partial charge in [0.25, 0.3) is 0 Å². The van der Waals surface area contributed by atoms with Gasteiger partial charge in [0.1, 0.15) is 11.9 Å². The third-order valence-electron chi connectivity index (χ3n) is 3.90. The molecule has 0 spiro atoms. The molecule has 0 aliphatic carbocycles. The fourth-order valence-corrected chi connectivity index (χ4v) is 2.81. The van der Waals surface area contributed by atoms with Crippen LogP contribution in [0.25, 0.3) is 0 Å². The fraction of sp³-hybridized carbons (Fsp3) is 0.333. The first-order chi connectivity index (χ1) is 9.86. The van der Waals surface area contributed by atoms with Crippen LogP contribution >= 0.6 is 0 Å². The van der Waals surface area contributed by atoms with Crippen molar-refractivity contribution in [3.05, 3.63) is 65.2 Å². The Labute approximate surface area is 120 Å². The lowest BCUT2D eigenvalue weighted by Crippen LogP contribution is -2.29. The van der Waals surface area contributed by atoms with E-state index < -0.39 is 0 Å². The molecular weight excluding hydrogens is 246 g/mol. The molecule has 104 valence electrons. The van der Waals surface area contributed by atoms with Crippen molar-refractivity contribution in [2.24, 2.45) is 0 Å². The lowest BCUT2D eigenvalue weighted by atomic mass is 10.1. The first-order valence-corrected chi connectivity index (χ1v) is 7.39. The van der Waals surface area contributed by atoms with Gasteiger partial charge in [0.15, 0.2) is 0 Å². The van der Waals surface area contributed by atoms with Crippen LogP contribution in [-0.2, 0) is 19.4 Å². The van der Waals surface area contributed by atoms with E-state index in [1.807, 2.05) is 6.07 Å². The van der Waals surface area contributed by atoms with Gasteiger partial charge in [-0.1, -0.05) is 49.4 Å². The second-order valence-electron chi connectivity index (χ2n) is 5.30. The second-order valence-corrected chi connectivity index (χ2v) is 5.30. The molecule has 2 nitrogen and oxygen atoms in total. The second kappa shape index (κ2) is 6.10. The number of aryl methyl sites for hydroxylation is 1. The molecule has 0 bridgehead atoms. The van der Waals surface area contributed by atoms with Gasteiger partial charge in [-0.2, -0.15) is 0 Å². The molecular formula is C18H21NO. The summed E-state index contributed by atoms with van der Waals surface area (Å²) in [5.74, 6) is 1.05. The lowest BCUT2D eigenvalue weighted by Gasteiger charge is -2.13. The van der Waals surface area contributed by atoms with Gasteiger partial charge in [0.2, 0.25) is 0 Å². The van der Waals surface area contributed by atoms with E-state index in [0.29, 0.717) is 0 Å². The Balaban J connectivity index is 1.52. The molecule has 0 amide bonds. The molecule has 2 heteroatoms. The van der Waals surface area contributed by atoms with Gasteiger partial charge in [-0.3, -0.25) is 0 Å². The molecule has 1 aliphatic heterocycles. The normalized spacial score (nSPS) is 16.8. The van der Waals surface area contributed by atoms with Gasteiger partial charge in [-0.25, -0.2) is 0 Å². The molecule has 2 aromatic rings. The van der Waals surface area contributed by atoms with Crippen molar-refractivity contribution < 1.29 is 4.74 Å². The highest BCUT2D eigenvalue weighted by molar-refractivity contribution is 5.37. The molecule has 0 radical (unpaired) electrons. The Morgan fingerprint density at radius 3 is 2.60 bits per heavy atom. The molecule has 1 unspecified atom stereocenters. The smallest absolute Gasteiger partial charge is 0.123 e. The van der Waals surface area contributed by atoms with E-state index in [1.54, 1.807) is 0 Å². The quantitative estimate of drug-likeness (QED) is 0.897. The minimum absolute atomic E-state index is 0.265. The predicted molar refractivity (Wildman–Crippen MR) is 82.1 cm³/mol. The summed E-state index contributed by atoms with van der Waals surface area (Å²) in [6.07, 6.45) is 2.36. The number of ether oxygens (including phenoxy) is 1. The van der Waals surface area contributed by atoms with Gasteiger partial charge < -0.3 is 10.1 Å². The Hall–Kier alpha value is -1.80. The fourth-order valence-electron chi connectivity index (χ4n) is 2.81. The average Bonchev–Trinajstić information content (AvgIpc) is 2.90. The average molecular weight is 267 g/mol. The number of hydrogen-bond donors (Lipinski definition) is 1. The van der Waals surface area contributed by atoms with Gasteiger partial charge >= 0.3 is 0 Å². The summed E-state index contributed by atoms with van der Waals surface area (Å²) in [7, 11) is 0. The predicted octanol–water partition coefficient (Wildman–Crippen LogP) is 3.34. The first-order valence-electron chi connectivity index (χ1n) is 7.39. The largest absolute Gasteiger partial charge is 0.488 e. The molecule has 3 rings (SSSR count). The SMILES string of the molecule is CCc1ccccc1CNCC1Cc2ccccc2O1. The van der Waals surface area contributed by atoms with Crippen LogP contribution in [0.2, 0.25) is 0 Å². The number of nitrogens with one attached hydrogen (secondary N) is 1. The Bertz CT molecular complexity index is 554. The summed E-state index contributed by atoms with van der Waals surface area (Å²) < 4.78 is 5.94. The molecule has 1 N–H and O–H groups in total. The summed E-state index contributed by atoms with van der Waals surface area (Å²) >= 11 is 0. The van der Waals surface area contributed by atoms with Crippen molar-refractivity contribution in [1.82, 2.24) is 5.32 Å². The summed E-state index contributed by atoms with van der Waals surface area (Å²) in [4.78, 5) is 0. The topological polar surface area (TPSA) is 21.3 Å². The number of para-hydroxylation sites is 1. The molecule has 2 aromatic carbocycles.